The molecule has 2 heterocycles. The van der Waals surface area contributed by atoms with E-state index < -0.39 is 18.0 Å². The summed E-state index contributed by atoms with van der Waals surface area (Å²) in [5, 5.41) is 19.2. The third kappa shape index (κ3) is 1.59. The van der Waals surface area contributed by atoms with Gasteiger partial charge in [-0.25, -0.2) is 0 Å². The maximum absolute atomic E-state index is 9.75. The van der Waals surface area contributed by atoms with Gasteiger partial charge in [-0.1, -0.05) is 0 Å². The largest absolute Gasteiger partial charge is 0.390 e. The predicted octanol–water partition coefficient (Wildman–Crippen LogP) is 0.0253. The average molecular weight is 188 g/mol. The summed E-state index contributed by atoms with van der Waals surface area (Å²) in [7, 11) is 0. The molecule has 2 aliphatic heterocycles. The lowest BCUT2D eigenvalue weighted by Gasteiger charge is -2.45. The highest BCUT2D eigenvalue weighted by Gasteiger charge is 2.47. The van der Waals surface area contributed by atoms with Gasteiger partial charge in [-0.2, -0.15) is 0 Å². The van der Waals surface area contributed by atoms with Gasteiger partial charge in [-0.3, -0.25) is 0 Å². The molecule has 2 fully saturated rings. The van der Waals surface area contributed by atoms with Crippen molar-refractivity contribution in [1.82, 2.24) is 0 Å². The van der Waals surface area contributed by atoms with E-state index in [0.29, 0.717) is 26.1 Å². The Balaban J connectivity index is 2.09. The fourth-order valence-electron chi connectivity index (χ4n) is 2.03. The Bertz CT molecular complexity index is 171. The van der Waals surface area contributed by atoms with Crippen molar-refractivity contribution in [3.63, 3.8) is 0 Å². The Hall–Kier alpha value is -0.160. The van der Waals surface area contributed by atoms with Gasteiger partial charge in [0, 0.05) is 6.42 Å². The van der Waals surface area contributed by atoms with Crippen LogP contribution in [0.15, 0.2) is 0 Å². The molecule has 4 nitrogen and oxygen atoms in total. The number of ether oxygens (including phenoxy) is 2. The minimum absolute atomic E-state index is 0.470. The average Bonchev–Trinajstić information content (AvgIpc) is 2.16. The summed E-state index contributed by atoms with van der Waals surface area (Å²) in [4.78, 5) is 0. The smallest absolute Gasteiger partial charge is 0.196 e. The molecule has 13 heavy (non-hydrogen) atoms. The Morgan fingerprint density at radius 1 is 1.08 bits per heavy atom. The van der Waals surface area contributed by atoms with E-state index in [0.717, 1.165) is 12.8 Å². The first-order valence-electron chi connectivity index (χ1n) is 4.89. The van der Waals surface area contributed by atoms with Crippen LogP contribution in [0.1, 0.15) is 25.7 Å². The van der Waals surface area contributed by atoms with E-state index in [1.165, 1.54) is 0 Å². The molecule has 1 spiro atoms. The van der Waals surface area contributed by atoms with Crippen molar-refractivity contribution < 1.29 is 19.7 Å². The van der Waals surface area contributed by atoms with Crippen molar-refractivity contribution >= 4 is 0 Å². The van der Waals surface area contributed by atoms with Crippen LogP contribution in [0.2, 0.25) is 0 Å². The quantitative estimate of drug-likeness (QED) is 0.563. The molecule has 2 saturated heterocycles. The Morgan fingerprint density at radius 3 is 2.54 bits per heavy atom. The second kappa shape index (κ2) is 3.53. The fourth-order valence-corrected chi connectivity index (χ4v) is 2.03. The zero-order valence-corrected chi connectivity index (χ0v) is 7.61. The zero-order valence-electron chi connectivity index (χ0n) is 7.61. The molecule has 4 heteroatoms. The van der Waals surface area contributed by atoms with Gasteiger partial charge < -0.3 is 19.7 Å². The number of hydrogen-bond donors (Lipinski definition) is 2. The molecular weight excluding hydrogens is 172 g/mol. The molecule has 76 valence electrons. The SMILES string of the molecule is O[C@@H]1CCO[C@@]2(CCCCO2)[C@@H]1O. The molecule has 3 atom stereocenters. The van der Waals surface area contributed by atoms with Crippen LogP contribution in [0.3, 0.4) is 0 Å². The molecule has 2 rings (SSSR count). The van der Waals surface area contributed by atoms with Gasteiger partial charge in [-0.05, 0) is 19.3 Å². The van der Waals surface area contributed by atoms with Gasteiger partial charge >= 0.3 is 0 Å². The van der Waals surface area contributed by atoms with Crippen LogP contribution in [-0.4, -0.2) is 41.4 Å². The molecule has 0 aromatic carbocycles. The van der Waals surface area contributed by atoms with Crippen molar-refractivity contribution in [1.29, 1.82) is 0 Å². The summed E-state index contributed by atoms with van der Waals surface area (Å²) in [6, 6.07) is 0. The van der Waals surface area contributed by atoms with Gasteiger partial charge in [0.05, 0.1) is 19.3 Å². The summed E-state index contributed by atoms with van der Waals surface area (Å²) in [6.07, 6.45) is 1.59. The van der Waals surface area contributed by atoms with E-state index in [4.69, 9.17) is 9.47 Å². The standard InChI is InChI=1S/C9H16O4/c10-7-3-6-13-9(8(7)11)4-1-2-5-12-9/h7-8,10-11H,1-6H2/t7-,8-,9+/m1/s1. The number of aliphatic hydroxyl groups excluding tert-OH is 2. The van der Waals surface area contributed by atoms with Gasteiger partial charge in [0.25, 0.3) is 0 Å². The van der Waals surface area contributed by atoms with Crippen LogP contribution >= 0.6 is 0 Å². The van der Waals surface area contributed by atoms with Crippen molar-refractivity contribution in [3.05, 3.63) is 0 Å². The number of aliphatic hydroxyl groups is 2. The second-order valence-electron chi connectivity index (χ2n) is 3.77. The van der Waals surface area contributed by atoms with E-state index in [9.17, 15) is 10.2 Å². The highest BCUT2D eigenvalue weighted by atomic mass is 16.7. The van der Waals surface area contributed by atoms with Gasteiger partial charge in [0.1, 0.15) is 6.10 Å². The predicted molar refractivity (Wildman–Crippen MR) is 45.1 cm³/mol. The minimum Gasteiger partial charge on any atom is -0.390 e. The molecule has 0 radical (unpaired) electrons. The molecule has 0 aliphatic carbocycles. The Labute approximate surface area is 77.5 Å². The molecule has 2 N–H and O–H groups in total. The van der Waals surface area contributed by atoms with Gasteiger partial charge in [0.2, 0.25) is 0 Å². The lowest BCUT2D eigenvalue weighted by atomic mass is 9.92. The zero-order chi connectivity index (χ0) is 9.31. The number of hydrogen-bond acceptors (Lipinski definition) is 4. The van der Waals surface area contributed by atoms with E-state index in [2.05, 4.69) is 0 Å². The van der Waals surface area contributed by atoms with Crippen molar-refractivity contribution in [3.8, 4) is 0 Å². The van der Waals surface area contributed by atoms with E-state index in [1.54, 1.807) is 0 Å². The van der Waals surface area contributed by atoms with Crippen molar-refractivity contribution in [2.45, 2.75) is 43.7 Å². The minimum atomic E-state index is -0.907. The molecule has 0 bridgehead atoms. The van der Waals surface area contributed by atoms with Crippen LogP contribution in [0, 0.1) is 0 Å². The maximum atomic E-state index is 9.75. The van der Waals surface area contributed by atoms with Gasteiger partial charge in [-0.15, -0.1) is 0 Å². The molecule has 0 aromatic heterocycles. The molecule has 2 aliphatic rings. The summed E-state index contributed by atoms with van der Waals surface area (Å²) in [5.41, 5.74) is 0. The summed E-state index contributed by atoms with van der Waals surface area (Å²) in [5.74, 6) is -0.907. The molecule has 0 aromatic rings. The fraction of sp³-hybridized carbons (Fsp3) is 1.00. The third-order valence-electron chi connectivity index (χ3n) is 2.84. The summed E-state index contributed by atoms with van der Waals surface area (Å²) in [6.45, 7) is 1.09. The molecule has 0 amide bonds. The highest BCUT2D eigenvalue weighted by Crippen LogP contribution is 2.34. The first-order chi connectivity index (χ1) is 6.25. The first kappa shape index (κ1) is 9.40. The maximum Gasteiger partial charge on any atom is 0.196 e. The van der Waals surface area contributed by atoms with E-state index in [1.807, 2.05) is 0 Å². The lowest BCUT2D eigenvalue weighted by molar-refractivity contribution is -0.332. The lowest BCUT2D eigenvalue weighted by Crippen LogP contribution is -2.58. The van der Waals surface area contributed by atoms with Gasteiger partial charge in [0.15, 0.2) is 5.79 Å². The van der Waals surface area contributed by atoms with E-state index in [-0.39, 0.29) is 0 Å². The highest BCUT2D eigenvalue weighted by molar-refractivity contribution is 4.90. The molecular formula is C9H16O4. The van der Waals surface area contributed by atoms with Crippen LogP contribution in [0.5, 0.6) is 0 Å². The second-order valence-corrected chi connectivity index (χ2v) is 3.77. The van der Waals surface area contributed by atoms with Crippen LogP contribution in [0.25, 0.3) is 0 Å². The summed E-state index contributed by atoms with van der Waals surface area (Å²) >= 11 is 0. The normalized spacial score (nSPS) is 46.6. The molecule has 0 unspecified atom stereocenters. The third-order valence-corrected chi connectivity index (χ3v) is 2.84. The topological polar surface area (TPSA) is 58.9 Å². The van der Waals surface area contributed by atoms with E-state index >= 15 is 0 Å². The van der Waals surface area contributed by atoms with Crippen LogP contribution in [-0.2, 0) is 9.47 Å². The van der Waals surface area contributed by atoms with Crippen LogP contribution in [0.4, 0.5) is 0 Å². The Kier molecular flexibility index (Phi) is 2.55. The van der Waals surface area contributed by atoms with Crippen molar-refractivity contribution in [2.24, 2.45) is 0 Å². The Morgan fingerprint density at radius 2 is 1.85 bits per heavy atom. The first-order valence-corrected chi connectivity index (χ1v) is 4.89. The summed E-state index contributed by atoms with van der Waals surface area (Å²) < 4.78 is 10.9. The van der Waals surface area contributed by atoms with Crippen molar-refractivity contribution in [2.75, 3.05) is 13.2 Å². The molecule has 0 saturated carbocycles. The monoisotopic (exact) mass is 188 g/mol. The van der Waals surface area contributed by atoms with Crippen LogP contribution < -0.4 is 0 Å². The number of rotatable bonds is 0.